The molecule has 1 rings (SSSR count). The number of hydrogen-bond donors (Lipinski definition) is 1. The van der Waals surface area contributed by atoms with Crippen molar-refractivity contribution in [1.29, 1.82) is 0 Å². The molecule has 0 fully saturated rings. The van der Waals surface area contributed by atoms with E-state index in [2.05, 4.69) is 22.2 Å². The molecule has 0 saturated heterocycles. The normalized spacial score (nSPS) is 11.2. The fourth-order valence-electron chi connectivity index (χ4n) is 1.54. The number of unbranched alkanes of at least 4 members (excludes halogenated alkanes) is 1. The Bertz CT molecular complexity index is 408. The first kappa shape index (κ1) is 15.4. The summed E-state index contributed by atoms with van der Waals surface area (Å²) < 4.78 is 0. The van der Waals surface area contributed by atoms with Gasteiger partial charge in [0.1, 0.15) is 0 Å². The van der Waals surface area contributed by atoms with Crippen LogP contribution in [0.15, 0.2) is 12.4 Å². The summed E-state index contributed by atoms with van der Waals surface area (Å²) in [6.07, 6.45) is 5.39. The number of anilines is 1. The van der Waals surface area contributed by atoms with Gasteiger partial charge in [-0.3, -0.25) is 4.79 Å². The first-order valence-corrected chi connectivity index (χ1v) is 6.69. The largest absolute Gasteiger partial charge is 0.347 e. The van der Waals surface area contributed by atoms with Crippen LogP contribution in [0.5, 0.6) is 0 Å². The molecule has 5 nitrogen and oxygen atoms in total. The van der Waals surface area contributed by atoms with Crippen molar-refractivity contribution in [2.75, 3.05) is 18.5 Å². The lowest BCUT2D eigenvalue weighted by Crippen LogP contribution is -2.40. The van der Waals surface area contributed by atoms with Crippen molar-refractivity contribution in [2.24, 2.45) is 0 Å². The third kappa shape index (κ3) is 5.24. The van der Waals surface area contributed by atoms with Gasteiger partial charge in [-0.2, -0.15) is 0 Å². The van der Waals surface area contributed by atoms with E-state index in [4.69, 9.17) is 0 Å². The SMILES string of the molecule is CCCCN(C)c1ncc(C(=O)NC(C)(C)C)cn1. The van der Waals surface area contributed by atoms with Gasteiger partial charge in [0.05, 0.1) is 5.56 Å². The molecule has 1 N–H and O–H groups in total. The van der Waals surface area contributed by atoms with E-state index < -0.39 is 0 Å². The average molecular weight is 264 g/mol. The van der Waals surface area contributed by atoms with Gasteiger partial charge in [-0.15, -0.1) is 0 Å². The summed E-state index contributed by atoms with van der Waals surface area (Å²) in [6.45, 7) is 8.90. The van der Waals surface area contributed by atoms with Crippen LogP contribution in [0.2, 0.25) is 0 Å². The van der Waals surface area contributed by atoms with Crippen molar-refractivity contribution in [3.8, 4) is 0 Å². The second-order valence-electron chi connectivity index (χ2n) is 5.75. The van der Waals surface area contributed by atoms with Gasteiger partial charge in [0.2, 0.25) is 5.95 Å². The minimum atomic E-state index is -0.256. The van der Waals surface area contributed by atoms with Gasteiger partial charge in [-0.25, -0.2) is 9.97 Å². The van der Waals surface area contributed by atoms with Crippen molar-refractivity contribution < 1.29 is 4.79 Å². The monoisotopic (exact) mass is 264 g/mol. The van der Waals surface area contributed by atoms with E-state index in [1.54, 1.807) is 12.4 Å². The molecule has 0 radical (unpaired) electrons. The van der Waals surface area contributed by atoms with E-state index in [0.717, 1.165) is 19.4 Å². The molecule has 1 heterocycles. The van der Waals surface area contributed by atoms with Crippen molar-refractivity contribution in [3.63, 3.8) is 0 Å². The zero-order chi connectivity index (χ0) is 14.5. The van der Waals surface area contributed by atoms with Gasteiger partial charge in [-0.1, -0.05) is 13.3 Å². The van der Waals surface area contributed by atoms with E-state index >= 15 is 0 Å². The molecular formula is C14H24N4O. The summed E-state index contributed by atoms with van der Waals surface area (Å²) in [5, 5.41) is 2.89. The second kappa shape index (κ2) is 6.50. The van der Waals surface area contributed by atoms with Gasteiger partial charge in [0.25, 0.3) is 5.91 Å². The molecule has 0 aliphatic rings. The molecule has 0 spiro atoms. The third-order valence-electron chi connectivity index (χ3n) is 2.58. The molecule has 0 unspecified atom stereocenters. The molecule has 1 aromatic heterocycles. The Morgan fingerprint density at radius 3 is 2.37 bits per heavy atom. The molecule has 0 saturated carbocycles. The summed E-state index contributed by atoms with van der Waals surface area (Å²) in [4.78, 5) is 22.4. The number of rotatable bonds is 5. The van der Waals surface area contributed by atoms with Gasteiger partial charge in [-0.05, 0) is 27.2 Å². The lowest BCUT2D eigenvalue weighted by molar-refractivity contribution is 0.0919. The molecule has 0 aromatic carbocycles. The lowest BCUT2D eigenvalue weighted by Gasteiger charge is -2.20. The van der Waals surface area contributed by atoms with Crippen LogP contribution >= 0.6 is 0 Å². The van der Waals surface area contributed by atoms with Crippen molar-refractivity contribution in [2.45, 2.75) is 46.1 Å². The Hall–Kier alpha value is -1.65. The van der Waals surface area contributed by atoms with E-state index in [1.807, 2.05) is 32.7 Å². The zero-order valence-corrected chi connectivity index (χ0v) is 12.5. The Kier molecular flexibility index (Phi) is 5.27. The van der Waals surface area contributed by atoms with Crippen molar-refractivity contribution in [3.05, 3.63) is 18.0 Å². The molecule has 106 valence electrons. The number of nitrogens with one attached hydrogen (secondary N) is 1. The molecule has 5 heteroatoms. The molecule has 1 amide bonds. The van der Waals surface area contributed by atoms with Crippen molar-refractivity contribution in [1.82, 2.24) is 15.3 Å². The Labute approximate surface area is 115 Å². The van der Waals surface area contributed by atoms with Crippen LogP contribution in [0, 0.1) is 0 Å². The summed E-state index contributed by atoms with van der Waals surface area (Å²) in [6, 6.07) is 0. The van der Waals surface area contributed by atoms with Crippen LogP contribution in [0.1, 0.15) is 50.9 Å². The van der Waals surface area contributed by atoms with Gasteiger partial charge in [0.15, 0.2) is 0 Å². The molecule has 0 aliphatic carbocycles. The first-order chi connectivity index (χ1) is 8.83. The molecule has 0 aliphatic heterocycles. The van der Waals surface area contributed by atoms with Crippen LogP contribution in [-0.2, 0) is 0 Å². The standard InChI is InChI=1S/C14H24N4O/c1-6-7-8-18(5)13-15-9-11(10-16-13)12(19)17-14(2,3)4/h9-10H,6-8H2,1-5H3,(H,17,19). The number of carbonyl (C=O) groups is 1. The number of carbonyl (C=O) groups excluding carboxylic acids is 1. The molecular weight excluding hydrogens is 240 g/mol. The fraction of sp³-hybridized carbons (Fsp3) is 0.643. The van der Waals surface area contributed by atoms with Gasteiger partial charge >= 0.3 is 0 Å². The molecule has 0 atom stereocenters. The Morgan fingerprint density at radius 1 is 1.32 bits per heavy atom. The van der Waals surface area contributed by atoms with Crippen LogP contribution < -0.4 is 10.2 Å². The summed E-state index contributed by atoms with van der Waals surface area (Å²) >= 11 is 0. The van der Waals surface area contributed by atoms with E-state index in [1.165, 1.54) is 0 Å². The highest BCUT2D eigenvalue weighted by Gasteiger charge is 2.16. The average Bonchev–Trinajstić information content (AvgIpc) is 2.34. The van der Waals surface area contributed by atoms with E-state index in [9.17, 15) is 4.79 Å². The summed E-state index contributed by atoms with van der Waals surface area (Å²) in [7, 11) is 1.96. The topological polar surface area (TPSA) is 58.1 Å². The lowest BCUT2D eigenvalue weighted by atomic mass is 10.1. The van der Waals surface area contributed by atoms with Crippen LogP contribution in [0.4, 0.5) is 5.95 Å². The van der Waals surface area contributed by atoms with Gasteiger partial charge < -0.3 is 10.2 Å². The number of nitrogens with zero attached hydrogens (tertiary/aromatic N) is 3. The summed E-state index contributed by atoms with van der Waals surface area (Å²) in [5.41, 5.74) is 0.232. The Balaban J connectivity index is 2.68. The highest BCUT2D eigenvalue weighted by Crippen LogP contribution is 2.08. The predicted molar refractivity (Wildman–Crippen MR) is 77.4 cm³/mol. The highest BCUT2D eigenvalue weighted by molar-refractivity contribution is 5.94. The van der Waals surface area contributed by atoms with Crippen LogP contribution in [0.3, 0.4) is 0 Å². The maximum absolute atomic E-state index is 11.9. The molecule has 0 bridgehead atoms. The minimum Gasteiger partial charge on any atom is -0.347 e. The maximum atomic E-state index is 11.9. The first-order valence-electron chi connectivity index (χ1n) is 6.69. The van der Waals surface area contributed by atoms with E-state index in [-0.39, 0.29) is 11.4 Å². The second-order valence-corrected chi connectivity index (χ2v) is 5.75. The quantitative estimate of drug-likeness (QED) is 0.886. The molecule has 1 aromatic rings. The van der Waals surface area contributed by atoms with Crippen LogP contribution in [0.25, 0.3) is 0 Å². The summed E-state index contributed by atoms with van der Waals surface area (Å²) in [5.74, 6) is 0.510. The number of amides is 1. The maximum Gasteiger partial charge on any atom is 0.254 e. The number of aromatic nitrogens is 2. The van der Waals surface area contributed by atoms with Crippen molar-refractivity contribution >= 4 is 11.9 Å². The van der Waals surface area contributed by atoms with Crippen LogP contribution in [-0.4, -0.2) is 35.0 Å². The van der Waals surface area contributed by atoms with E-state index in [0.29, 0.717) is 11.5 Å². The minimum absolute atomic E-state index is 0.143. The highest BCUT2D eigenvalue weighted by atomic mass is 16.1. The fourth-order valence-corrected chi connectivity index (χ4v) is 1.54. The predicted octanol–water partition coefficient (Wildman–Crippen LogP) is 2.24. The molecule has 19 heavy (non-hydrogen) atoms. The zero-order valence-electron chi connectivity index (χ0n) is 12.5. The smallest absolute Gasteiger partial charge is 0.254 e. The third-order valence-corrected chi connectivity index (χ3v) is 2.58. The Morgan fingerprint density at radius 2 is 1.89 bits per heavy atom. The van der Waals surface area contributed by atoms with Gasteiger partial charge in [0, 0.05) is 31.5 Å². The number of hydrogen-bond acceptors (Lipinski definition) is 4.